The molecule has 0 aliphatic rings. The van der Waals surface area contributed by atoms with Crippen molar-refractivity contribution in [1.82, 2.24) is 10.0 Å². The minimum atomic E-state index is -3.44. The SMILES string of the molecule is CCS(=O)(=O)NCC(=O)NC(CCC(=O)O)Cc1ccccc1. The number of sulfonamides is 1. The normalized spacial score (nSPS) is 12.6. The third-order valence-corrected chi connectivity index (χ3v) is 4.57. The Morgan fingerprint density at radius 2 is 1.87 bits per heavy atom. The predicted octanol–water partition coefficient (Wildman–Crippen LogP) is 0.518. The summed E-state index contributed by atoms with van der Waals surface area (Å²) in [5, 5.41) is 11.5. The van der Waals surface area contributed by atoms with E-state index in [2.05, 4.69) is 10.0 Å². The molecule has 3 N–H and O–H groups in total. The van der Waals surface area contributed by atoms with Gasteiger partial charge >= 0.3 is 5.97 Å². The van der Waals surface area contributed by atoms with Crippen molar-refractivity contribution in [2.24, 2.45) is 0 Å². The Bertz CT molecular complexity index is 616. The average molecular weight is 342 g/mol. The van der Waals surface area contributed by atoms with Crippen molar-refractivity contribution in [3.63, 3.8) is 0 Å². The molecule has 128 valence electrons. The van der Waals surface area contributed by atoms with Gasteiger partial charge in [0.25, 0.3) is 0 Å². The fourth-order valence-electron chi connectivity index (χ4n) is 1.98. The van der Waals surface area contributed by atoms with Crippen molar-refractivity contribution >= 4 is 21.9 Å². The Hall–Kier alpha value is -1.93. The Balaban J connectivity index is 2.61. The Morgan fingerprint density at radius 1 is 1.22 bits per heavy atom. The van der Waals surface area contributed by atoms with Crippen molar-refractivity contribution in [2.45, 2.75) is 32.2 Å². The third kappa shape index (κ3) is 8.32. The van der Waals surface area contributed by atoms with Gasteiger partial charge in [0, 0.05) is 12.5 Å². The standard InChI is InChI=1S/C15H22N2O5S/c1-2-23(21,22)16-11-14(18)17-13(8-9-15(19)20)10-12-6-4-3-5-7-12/h3-7,13,16H,2,8-11H2,1H3,(H,17,18)(H,19,20). The van der Waals surface area contributed by atoms with Gasteiger partial charge in [-0.1, -0.05) is 30.3 Å². The molecule has 1 aromatic rings. The molecule has 0 aliphatic carbocycles. The molecule has 0 heterocycles. The zero-order valence-electron chi connectivity index (χ0n) is 13.0. The molecular formula is C15H22N2O5S. The highest BCUT2D eigenvalue weighted by molar-refractivity contribution is 7.89. The minimum Gasteiger partial charge on any atom is -0.481 e. The van der Waals surface area contributed by atoms with Gasteiger partial charge in [0.1, 0.15) is 0 Å². The van der Waals surface area contributed by atoms with Crippen LogP contribution in [0.25, 0.3) is 0 Å². The summed E-state index contributed by atoms with van der Waals surface area (Å²) >= 11 is 0. The average Bonchev–Trinajstić information content (AvgIpc) is 2.52. The first-order valence-electron chi connectivity index (χ1n) is 7.35. The molecule has 0 saturated heterocycles. The largest absolute Gasteiger partial charge is 0.481 e. The number of carboxylic acids is 1. The molecule has 1 atom stereocenters. The van der Waals surface area contributed by atoms with Crippen molar-refractivity contribution in [2.75, 3.05) is 12.3 Å². The predicted molar refractivity (Wildman–Crippen MR) is 86.4 cm³/mol. The van der Waals surface area contributed by atoms with E-state index in [4.69, 9.17) is 5.11 Å². The maximum absolute atomic E-state index is 11.9. The van der Waals surface area contributed by atoms with E-state index >= 15 is 0 Å². The Labute approximate surface area is 136 Å². The highest BCUT2D eigenvalue weighted by Gasteiger charge is 2.16. The number of amides is 1. The molecular weight excluding hydrogens is 320 g/mol. The van der Waals surface area contributed by atoms with Crippen LogP contribution in [0, 0.1) is 0 Å². The van der Waals surface area contributed by atoms with Gasteiger partial charge in [-0.25, -0.2) is 13.1 Å². The van der Waals surface area contributed by atoms with Crippen molar-refractivity contribution < 1.29 is 23.1 Å². The molecule has 0 aliphatic heterocycles. The van der Waals surface area contributed by atoms with Crippen LogP contribution in [0.5, 0.6) is 0 Å². The highest BCUT2D eigenvalue weighted by Crippen LogP contribution is 2.08. The van der Waals surface area contributed by atoms with Gasteiger partial charge in [-0.3, -0.25) is 9.59 Å². The van der Waals surface area contributed by atoms with E-state index in [0.717, 1.165) is 5.56 Å². The lowest BCUT2D eigenvalue weighted by molar-refractivity contribution is -0.137. The molecule has 1 amide bonds. The van der Waals surface area contributed by atoms with E-state index in [9.17, 15) is 18.0 Å². The van der Waals surface area contributed by atoms with Gasteiger partial charge in [-0.15, -0.1) is 0 Å². The molecule has 7 nitrogen and oxygen atoms in total. The van der Waals surface area contributed by atoms with Crippen LogP contribution in [0.4, 0.5) is 0 Å². The number of nitrogens with one attached hydrogen (secondary N) is 2. The van der Waals surface area contributed by atoms with Gasteiger partial charge in [-0.05, 0) is 25.3 Å². The summed E-state index contributed by atoms with van der Waals surface area (Å²) in [4.78, 5) is 22.6. The zero-order chi connectivity index (χ0) is 17.3. The number of hydrogen-bond acceptors (Lipinski definition) is 4. The first kappa shape index (κ1) is 19.1. The van der Waals surface area contributed by atoms with Gasteiger partial charge in [0.05, 0.1) is 12.3 Å². The van der Waals surface area contributed by atoms with Crippen LogP contribution in [0.15, 0.2) is 30.3 Å². The quantitative estimate of drug-likeness (QED) is 0.574. The van der Waals surface area contributed by atoms with Gasteiger partial charge in [-0.2, -0.15) is 0 Å². The number of hydrogen-bond donors (Lipinski definition) is 3. The monoisotopic (exact) mass is 342 g/mol. The first-order chi connectivity index (χ1) is 10.8. The number of benzene rings is 1. The van der Waals surface area contributed by atoms with Gasteiger partial charge in [0.2, 0.25) is 15.9 Å². The molecule has 0 saturated carbocycles. The molecule has 1 aromatic carbocycles. The minimum absolute atomic E-state index is 0.0710. The number of rotatable bonds is 10. The van der Waals surface area contributed by atoms with Gasteiger partial charge < -0.3 is 10.4 Å². The maximum Gasteiger partial charge on any atom is 0.303 e. The number of carboxylic acid groups (broad SMARTS) is 1. The summed E-state index contributed by atoms with van der Waals surface area (Å²) in [5.74, 6) is -1.52. The molecule has 1 rings (SSSR count). The zero-order valence-corrected chi connectivity index (χ0v) is 13.8. The molecule has 23 heavy (non-hydrogen) atoms. The summed E-state index contributed by atoms with van der Waals surface area (Å²) in [5.41, 5.74) is 0.970. The third-order valence-electron chi connectivity index (χ3n) is 3.23. The lowest BCUT2D eigenvalue weighted by Crippen LogP contribution is -2.43. The number of carbonyl (C=O) groups is 2. The van der Waals surface area contributed by atoms with E-state index in [1.807, 2.05) is 30.3 Å². The van der Waals surface area contributed by atoms with E-state index in [1.54, 1.807) is 0 Å². The lowest BCUT2D eigenvalue weighted by Gasteiger charge is -2.18. The fraction of sp³-hybridized carbons (Fsp3) is 0.467. The fourth-order valence-corrected chi connectivity index (χ4v) is 2.53. The summed E-state index contributed by atoms with van der Waals surface area (Å²) in [6.45, 7) is 1.12. The topological polar surface area (TPSA) is 113 Å². The van der Waals surface area contributed by atoms with Crippen LogP contribution in [-0.2, 0) is 26.0 Å². The van der Waals surface area contributed by atoms with E-state index in [0.29, 0.717) is 6.42 Å². The summed E-state index contributed by atoms with van der Waals surface area (Å²) in [6, 6.07) is 9.00. The smallest absolute Gasteiger partial charge is 0.303 e. The van der Waals surface area contributed by atoms with Crippen LogP contribution in [0.2, 0.25) is 0 Å². The van der Waals surface area contributed by atoms with E-state index < -0.39 is 21.9 Å². The molecule has 0 aromatic heterocycles. The summed E-state index contributed by atoms with van der Waals surface area (Å²) in [6.07, 6.45) is 0.690. The first-order valence-corrected chi connectivity index (χ1v) is 9.00. The van der Waals surface area contributed by atoms with Gasteiger partial charge in [0.15, 0.2) is 0 Å². The molecule has 0 fully saturated rings. The second-order valence-corrected chi connectivity index (χ2v) is 7.21. The molecule has 0 bridgehead atoms. The highest BCUT2D eigenvalue weighted by atomic mass is 32.2. The molecule has 8 heteroatoms. The summed E-state index contributed by atoms with van der Waals surface area (Å²) < 4.78 is 24.8. The number of aliphatic carboxylic acids is 1. The Kier molecular flexibility index (Phi) is 7.70. The van der Waals surface area contributed by atoms with Crippen LogP contribution >= 0.6 is 0 Å². The van der Waals surface area contributed by atoms with Crippen molar-refractivity contribution in [3.8, 4) is 0 Å². The van der Waals surface area contributed by atoms with Crippen LogP contribution in [0.3, 0.4) is 0 Å². The second kappa shape index (κ2) is 9.26. The lowest BCUT2D eigenvalue weighted by atomic mass is 10.0. The molecule has 0 radical (unpaired) electrons. The van der Waals surface area contributed by atoms with Crippen LogP contribution in [0.1, 0.15) is 25.3 Å². The molecule has 1 unspecified atom stereocenters. The maximum atomic E-state index is 11.9. The summed E-state index contributed by atoms with van der Waals surface area (Å²) in [7, 11) is -3.44. The van der Waals surface area contributed by atoms with E-state index in [-0.39, 0.29) is 31.2 Å². The number of carbonyl (C=O) groups excluding carboxylic acids is 1. The van der Waals surface area contributed by atoms with Crippen LogP contribution in [-0.4, -0.2) is 43.7 Å². The van der Waals surface area contributed by atoms with Crippen molar-refractivity contribution in [1.29, 1.82) is 0 Å². The second-order valence-electron chi connectivity index (χ2n) is 5.11. The van der Waals surface area contributed by atoms with Crippen LogP contribution < -0.4 is 10.0 Å². The Morgan fingerprint density at radius 3 is 2.43 bits per heavy atom. The van der Waals surface area contributed by atoms with E-state index in [1.165, 1.54) is 6.92 Å². The molecule has 0 spiro atoms. The van der Waals surface area contributed by atoms with Crippen molar-refractivity contribution in [3.05, 3.63) is 35.9 Å².